The Labute approximate surface area is 92.5 Å². The highest BCUT2D eigenvalue weighted by molar-refractivity contribution is 7.13. The molecule has 0 unspecified atom stereocenters. The summed E-state index contributed by atoms with van der Waals surface area (Å²) in [6.45, 7) is 9.83. The summed E-state index contributed by atoms with van der Waals surface area (Å²) >= 11 is 0. The van der Waals surface area contributed by atoms with Gasteiger partial charge in [0, 0.05) is 16.1 Å². The predicted molar refractivity (Wildman–Crippen MR) is 72.3 cm³/mol. The van der Waals surface area contributed by atoms with Crippen molar-refractivity contribution in [3.05, 3.63) is 0 Å². The molecule has 1 fully saturated rings. The van der Waals surface area contributed by atoms with E-state index in [2.05, 4.69) is 27.3 Å². The normalized spacial score (nSPS) is 23.1. The molecule has 0 aliphatic carbocycles. The summed E-state index contributed by atoms with van der Waals surface area (Å²) in [5.74, 6) is 0. The van der Waals surface area contributed by atoms with Gasteiger partial charge in [0.15, 0.2) is 0 Å². The Hall–Kier alpha value is 0.434. The topological polar surface area (TPSA) is 0 Å². The maximum absolute atomic E-state index is 2.67. The van der Waals surface area contributed by atoms with Crippen molar-refractivity contribution in [2.45, 2.75) is 76.0 Å². The lowest BCUT2D eigenvalue weighted by molar-refractivity contribution is 0.935. The second kappa shape index (κ2) is 4.97. The molecule has 1 aliphatic rings. The average molecular weight is 229 g/mol. The molecule has 0 amide bonds. The van der Waals surface area contributed by atoms with Gasteiger partial charge in [0.05, 0.1) is 0 Å². The van der Waals surface area contributed by atoms with E-state index in [1.165, 1.54) is 19.3 Å². The van der Waals surface area contributed by atoms with E-state index in [0.29, 0.717) is 0 Å². The minimum atomic E-state index is -0.654. The average Bonchev–Trinajstić information content (AvgIpc) is 2.02. The molecule has 0 nitrogen and oxygen atoms in total. The molecule has 0 aromatic carbocycles. The van der Waals surface area contributed by atoms with Crippen LogP contribution in [-0.2, 0) is 0 Å². The first-order chi connectivity index (χ1) is 6.60. The van der Waals surface area contributed by atoms with Crippen LogP contribution in [0.2, 0.25) is 36.0 Å². The molecule has 1 rings (SSSR count). The van der Waals surface area contributed by atoms with Crippen LogP contribution >= 0.6 is 0 Å². The zero-order chi connectivity index (χ0) is 10.7. The van der Waals surface area contributed by atoms with E-state index in [4.69, 9.17) is 0 Å². The predicted octanol–water partition coefficient (Wildman–Crippen LogP) is 4.84. The fourth-order valence-corrected chi connectivity index (χ4v) is 26.0. The molecule has 0 aromatic rings. The molecule has 0 bridgehead atoms. The second-order valence-electron chi connectivity index (χ2n) is 5.91. The molecule has 1 aliphatic heterocycles. The summed E-state index contributed by atoms with van der Waals surface area (Å²) < 4.78 is 0. The van der Waals surface area contributed by atoms with Crippen molar-refractivity contribution >= 4 is 16.1 Å². The van der Waals surface area contributed by atoms with Crippen molar-refractivity contribution in [1.82, 2.24) is 0 Å². The van der Waals surface area contributed by atoms with Crippen LogP contribution in [0.15, 0.2) is 0 Å². The molecule has 0 saturated carbocycles. The minimum absolute atomic E-state index is 0.645. The van der Waals surface area contributed by atoms with Crippen molar-refractivity contribution < 1.29 is 0 Å². The van der Waals surface area contributed by atoms with E-state index in [-0.39, 0.29) is 0 Å². The Morgan fingerprint density at radius 3 is 1.57 bits per heavy atom. The summed E-state index contributed by atoms with van der Waals surface area (Å²) in [6, 6.07) is 4.91. The quantitative estimate of drug-likeness (QED) is 0.571. The van der Waals surface area contributed by atoms with E-state index < -0.39 is 16.1 Å². The van der Waals surface area contributed by atoms with Gasteiger partial charge in [-0.05, 0) is 0 Å². The smallest absolute Gasteiger partial charge is 0.0483 e. The maximum Gasteiger partial charge on any atom is 0.0483 e. The molecule has 84 valence electrons. The molecule has 0 N–H and O–H groups in total. The Morgan fingerprint density at radius 1 is 0.786 bits per heavy atom. The van der Waals surface area contributed by atoms with E-state index >= 15 is 0 Å². The highest BCUT2D eigenvalue weighted by Gasteiger charge is 2.52. The first-order valence-electron chi connectivity index (χ1n) is 6.60. The van der Waals surface area contributed by atoms with E-state index in [0.717, 1.165) is 0 Å². The first kappa shape index (κ1) is 12.5. The largest absolute Gasteiger partial charge is 0.0696 e. The lowest BCUT2D eigenvalue weighted by Gasteiger charge is -2.53. The molecule has 0 radical (unpaired) electrons. The van der Waals surface area contributed by atoms with Crippen LogP contribution in [0.3, 0.4) is 0 Å². The van der Waals surface area contributed by atoms with Gasteiger partial charge in [-0.25, -0.2) is 0 Å². The van der Waals surface area contributed by atoms with Crippen molar-refractivity contribution in [2.75, 3.05) is 0 Å². The highest BCUT2D eigenvalue weighted by Crippen LogP contribution is 2.48. The zero-order valence-electron chi connectivity index (χ0n) is 10.7. The Bertz CT molecular complexity index is 163. The van der Waals surface area contributed by atoms with Crippen molar-refractivity contribution in [1.29, 1.82) is 0 Å². The Morgan fingerprint density at radius 2 is 1.21 bits per heavy atom. The number of hydrogen-bond acceptors (Lipinski definition) is 0. The molecule has 1 saturated heterocycles. The molecule has 1 heterocycles. The van der Waals surface area contributed by atoms with Gasteiger partial charge in [-0.2, -0.15) is 0 Å². The van der Waals surface area contributed by atoms with Crippen LogP contribution < -0.4 is 0 Å². The minimum Gasteiger partial charge on any atom is -0.0696 e. The number of hydrogen-bond donors (Lipinski definition) is 0. The monoisotopic (exact) mass is 228 g/mol. The summed E-state index contributed by atoms with van der Waals surface area (Å²) in [5.41, 5.74) is 3.57. The third kappa shape index (κ3) is 2.72. The van der Waals surface area contributed by atoms with Crippen LogP contribution in [0.4, 0.5) is 0 Å². The van der Waals surface area contributed by atoms with E-state index in [1.54, 1.807) is 29.5 Å². The van der Waals surface area contributed by atoms with Gasteiger partial charge in [-0.1, -0.05) is 76.0 Å². The first-order valence-corrected chi connectivity index (χ1v) is 12.5. The zero-order valence-corrected chi connectivity index (χ0v) is 12.7. The van der Waals surface area contributed by atoms with Crippen LogP contribution in [0.5, 0.6) is 0 Å². The summed E-state index contributed by atoms with van der Waals surface area (Å²) in [7, 11) is -1.30. The van der Waals surface area contributed by atoms with Crippen LogP contribution in [0.25, 0.3) is 0 Å². The molecule has 0 aromatic heterocycles. The number of rotatable bonds is 6. The standard InChI is InChI=1S/C12H28Si2/c1-5-8-13(4)11-14(12-13,9-6-2)10-7-3/h5-12H2,1-4H3. The highest BCUT2D eigenvalue weighted by atomic mass is 28.5. The summed E-state index contributed by atoms with van der Waals surface area (Å²) in [4.78, 5) is 0. The third-order valence-corrected chi connectivity index (χ3v) is 21.7. The molecule has 0 spiro atoms. The molecule has 2 heteroatoms. The van der Waals surface area contributed by atoms with Crippen molar-refractivity contribution in [3.8, 4) is 0 Å². The third-order valence-electron chi connectivity index (χ3n) is 4.02. The van der Waals surface area contributed by atoms with Gasteiger partial charge in [0.25, 0.3) is 0 Å². The Kier molecular flexibility index (Phi) is 4.44. The lowest BCUT2D eigenvalue weighted by Crippen LogP contribution is -2.60. The molecular formula is C12H28Si2. The second-order valence-corrected chi connectivity index (χ2v) is 16.9. The fraction of sp³-hybridized carbons (Fsp3) is 1.00. The Balaban J connectivity index is 2.45. The van der Waals surface area contributed by atoms with E-state index in [1.807, 2.05) is 0 Å². The van der Waals surface area contributed by atoms with Crippen molar-refractivity contribution in [3.63, 3.8) is 0 Å². The summed E-state index contributed by atoms with van der Waals surface area (Å²) in [5, 5.41) is 0. The van der Waals surface area contributed by atoms with Crippen LogP contribution in [0, 0.1) is 0 Å². The molecule has 14 heavy (non-hydrogen) atoms. The van der Waals surface area contributed by atoms with E-state index in [9.17, 15) is 0 Å². The fourth-order valence-electron chi connectivity index (χ4n) is 4.08. The molecular weight excluding hydrogens is 200 g/mol. The van der Waals surface area contributed by atoms with Gasteiger partial charge in [-0.3, -0.25) is 0 Å². The SMILES string of the molecule is CCC[Si]1(C)C[Si](CCC)(CCC)C1. The van der Waals surface area contributed by atoms with Gasteiger partial charge in [0.2, 0.25) is 0 Å². The van der Waals surface area contributed by atoms with Gasteiger partial charge in [-0.15, -0.1) is 0 Å². The summed E-state index contributed by atoms with van der Waals surface area (Å²) in [6.07, 6.45) is 4.37. The van der Waals surface area contributed by atoms with Gasteiger partial charge >= 0.3 is 0 Å². The van der Waals surface area contributed by atoms with Crippen LogP contribution in [0.1, 0.15) is 40.0 Å². The van der Waals surface area contributed by atoms with Crippen molar-refractivity contribution in [2.24, 2.45) is 0 Å². The lowest BCUT2D eigenvalue weighted by atomic mass is 10.6. The molecule has 0 atom stereocenters. The van der Waals surface area contributed by atoms with Crippen LogP contribution in [-0.4, -0.2) is 16.1 Å². The van der Waals surface area contributed by atoms with Gasteiger partial charge < -0.3 is 0 Å². The van der Waals surface area contributed by atoms with Gasteiger partial charge in [0.1, 0.15) is 0 Å². The maximum atomic E-state index is 2.67.